The van der Waals surface area contributed by atoms with Crippen molar-refractivity contribution in [2.75, 3.05) is 0 Å². The number of hydrogen-bond acceptors (Lipinski definition) is 6. The maximum Gasteiger partial charge on any atom is 0.416 e. The lowest BCUT2D eigenvalue weighted by Crippen LogP contribution is -2.07. The van der Waals surface area contributed by atoms with Crippen LogP contribution in [0, 0.1) is 20.2 Å². The molecular weight excluding hydrogens is 365 g/mol. The van der Waals surface area contributed by atoms with Gasteiger partial charge < -0.3 is 9.84 Å². The van der Waals surface area contributed by atoms with Gasteiger partial charge in [-0.05, 0) is 24.3 Å². The third-order valence-corrected chi connectivity index (χ3v) is 3.11. The minimum absolute atomic E-state index is 0.211. The average Bonchev–Trinajstić information content (AvgIpc) is 2.53. The second kappa shape index (κ2) is 6.66. The number of carboxylic acids is 1. The van der Waals surface area contributed by atoms with Gasteiger partial charge in [0.1, 0.15) is 5.56 Å². The number of nitrogens with zero attached hydrogens (tertiary/aromatic N) is 2. The molecule has 2 aromatic carbocycles. The minimum Gasteiger partial charge on any atom is -0.477 e. The Labute approximate surface area is 141 Å². The molecule has 0 saturated heterocycles. The quantitative estimate of drug-likeness (QED) is 0.619. The first-order valence-corrected chi connectivity index (χ1v) is 6.56. The van der Waals surface area contributed by atoms with Crippen LogP contribution >= 0.6 is 0 Å². The van der Waals surface area contributed by atoms with E-state index < -0.39 is 56.0 Å². The van der Waals surface area contributed by atoms with Crippen LogP contribution < -0.4 is 4.74 Å². The number of ether oxygens (including phenoxy) is 1. The van der Waals surface area contributed by atoms with Crippen molar-refractivity contribution in [3.05, 3.63) is 67.8 Å². The van der Waals surface area contributed by atoms with Gasteiger partial charge in [0.2, 0.25) is 11.5 Å². The number of aromatic carboxylic acids is 1. The van der Waals surface area contributed by atoms with Crippen LogP contribution in [0.3, 0.4) is 0 Å². The van der Waals surface area contributed by atoms with Gasteiger partial charge in [-0.15, -0.1) is 0 Å². The monoisotopic (exact) mass is 372 g/mol. The lowest BCUT2D eigenvalue weighted by molar-refractivity contribution is -0.387. The number of benzene rings is 2. The van der Waals surface area contributed by atoms with Crippen LogP contribution in [0.4, 0.5) is 24.5 Å². The molecule has 9 nitrogen and oxygen atoms in total. The molecule has 1 N–H and O–H groups in total. The van der Waals surface area contributed by atoms with Crippen molar-refractivity contribution < 1.29 is 37.7 Å². The Morgan fingerprint density at radius 3 is 2.19 bits per heavy atom. The number of carbonyl (C=O) groups is 1. The van der Waals surface area contributed by atoms with Gasteiger partial charge in [-0.2, -0.15) is 13.2 Å². The fourth-order valence-corrected chi connectivity index (χ4v) is 2.01. The van der Waals surface area contributed by atoms with Crippen molar-refractivity contribution in [2.45, 2.75) is 6.18 Å². The zero-order chi connectivity index (χ0) is 19.6. The number of halogens is 3. The molecule has 0 aliphatic carbocycles. The summed E-state index contributed by atoms with van der Waals surface area (Å²) in [5.74, 6) is -3.03. The average molecular weight is 372 g/mol. The van der Waals surface area contributed by atoms with Crippen molar-refractivity contribution in [1.82, 2.24) is 0 Å². The van der Waals surface area contributed by atoms with Gasteiger partial charge in [-0.25, -0.2) is 4.79 Å². The van der Waals surface area contributed by atoms with Crippen molar-refractivity contribution in [2.24, 2.45) is 0 Å². The molecule has 12 heteroatoms. The molecule has 0 radical (unpaired) electrons. The van der Waals surface area contributed by atoms with Gasteiger partial charge >= 0.3 is 23.5 Å². The Bertz CT molecular complexity index is 912. The minimum atomic E-state index is -4.85. The van der Waals surface area contributed by atoms with Gasteiger partial charge in [0.25, 0.3) is 0 Å². The molecule has 0 atom stereocenters. The first kappa shape index (κ1) is 18.6. The highest BCUT2D eigenvalue weighted by Crippen LogP contribution is 2.40. The van der Waals surface area contributed by atoms with E-state index in [1.54, 1.807) is 0 Å². The van der Waals surface area contributed by atoms with E-state index in [-0.39, 0.29) is 6.07 Å². The van der Waals surface area contributed by atoms with Crippen LogP contribution in [0.25, 0.3) is 0 Å². The van der Waals surface area contributed by atoms with Crippen molar-refractivity contribution in [3.8, 4) is 11.5 Å². The van der Waals surface area contributed by atoms with E-state index in [2.05, 4.69) is 0 Å². The van der Waals surface area contributed by atoms with E-state index in [4.69, 9.17) is 9.84 Å². The SMILES string of the molecule is O=C(O)c1cccc(Oc2ccc(C(F)(F)F)cc2[N+](=O)[O-])c1[N+](=O)[O-]. The summed E-state index contributed by atoms with van der Waals surface area (Å²) in [6.07, 6.45) is -4.85. The van der Waals surface area contributed by atoms with Crippen molar-refractivity contribution >= 4 is 17.3 Å². The Morgan fingerprint density at radius 2 is 1.69 bits per heavy atom. The lowest BCUT2D eigenvalue weighted by Gasteiger charge is -2.10. The van der Waals surface area contributed by atoms with Gasteiger partial charge in [-0.1, -0.05) is 6.07 Å². The molecule has 0 unspecified atom stereocenters. The molecule has 2 aromatic rings. The van der Waals surface area contributed by atoms with Gasteiger partial charge in [-0.3, -0.25) is 20.2 Å². The highest BCUT2D eigenvalue weighted by atomic mass is 19.4. The molecule has 0 fully saturated rings. The largest absolute Gasteiger partial charge is 0.477 e. The van der Waals surface area contributed by atoms with Gasteiger partial charge in [0.05, 0.1) is 15.4 Å². The van der Waals surface area contributed by atoms with Crippen molar-refractivity contribution in [3.63, 3.8) is 0 Å². The first-order valence-electron chi connectivity index (χ1n) is 6.56. The molecule has 0 bridgehead atoms. The van der Waals surface area contributed by atoms with Crippen LogP contribution in [0.1, 0.15) is 15.9 Å². The molecule has 2 rings (SSSR count). The van der Waals surface area contributed by atoms with E-state index in [1.807, 2.05) is 0 Å². The molecule has 26 heavy (non-hydrogen) atoms. The summed E-state index contributed by atoms with van der Waals surface area (Å²) in [6, 6.07) is 4.29. The first-order chi connectivity index (χ1) is 12.0. The normalized spacial score (nSPS) is 11.0. The number of nitro benzene ring substituents is 2. The summed E-state index contributed by atoms with van der Waals surface area (Å²) in [5.41, 5.74) is -4.14. The van der Waals surface area contributed by atoms with Crippen LogP contribution in [-0.2, 0) is 6.18 Å². The zero-order valence-corrected chi connectivity index (χ0v) is 12.4. The van der Waals surface area contributed by atoms with Crippen LogP contribution in [0.5, 0.6) is 11.5 Å². The maximum atomic E-state index is 12.7. The second-order valence-corrected chi connectivity index (χ2v) is 4.75. The Morgan fingerprint density at radius 1 is 1.04 bits per heavy atom. The summed E-state index contributed by atoms with van der Waals surface area (Å²) in [4.78, 5) is 31.0. The van der Waals surface area contributed by atoms with Crippen molar-refractivity contribution in [1.29, 1.82) is 0 Å². The van der Waals surface area contributed by atoms with Crippen LogP contribution in [0.2, 0.25) is 0 Å². The fraction of sp³-hybridized carbons (Fsp3) is 0.0714. The smallest absolute Gasteiger partial charge is 0.416 e. The fourth-order valence-electron chi connectivity index (χ4n) is 2.01. The highest BCUT2D eigenvalue weighted by molar-refractivity contribution is 5.93. The Kier molecular flexibility index (Phi) is 4.77. The number of carboxylic acid groups (broad SMARTS) is 1. The predicted octanol–water partition coefficient (Wildman–Crippen LogP) is 4.01. The number of nitro groups is 2. The van der Waals surface area contributed by atoms with Crippen LogP contribution in [-0.4, -0.2) is 20.9 Å². The van der Waals surface area contributed by atoms with Gasteiger partial charge in [0.15, 0.2) is 0 Å². The molecule has 0 saturated carbocycles. The molecule has 0 heterocycles. The van der Waals surface area contributed by atoms with E-state index in [1.165, 1.54) is 0 Å². The zero-order valence-electron chi connectivity index (χ0n) is 12.4. The van der Waals surface area contributed by atoms with Gasteiger partial charge in [0, 0.05) is 6.07 Å². The number of para-hydroxylation sites is 1. The molecule has 136 valence electrons. The molecule has 0 amide bonds. The Balaban J connectivity index is 2.59. The number of rotatable bonds is 5. The predicted molar refractivity (Wildman–Crippen MR) is 78.2 cm³/mol. The third kappa shape index (κ3) is 3.68. The summed E-state index contributed by atoms with van der Waals surface area (Å²) in [7, 11) is 0. The molecule has 0 spiro atoms. The van der Waals surface area contributed by atoms with E-state index >= 15 is 0 Å². The molecule has 0 aromatic heterocycles. The molecule has 0 aliphatic heterocycles. The Hall–Kier alpha value is -3.70. The standard InChI is InChI=1S/C14H7F3N2O7/c15-14(16,17)7-4-5-10(9(6-7)18(22)23)26-11-3-1-2-8(13(20)21)12(11)19(24)25/h1-6H,(H,20,21). The number of hydrogen-bond donors (Lipinski definition) is 1. The maximum absolute atomic E-state index is 12.7. The number of alkyl halides is 3. The molecule has 0 aliphatic rings. The van der Waals surface area contributed by atoms with E-state index in [0.29, 0.717) is 12.1 Å². The third-order valence-electron chi connectivity index (χ3n) is 3.11. The summed E-state index contributed by atoms with van der Waals surface area (Å²) < 4.78 is 43.1. The summed E-state index contributed by atoms with van der Waals surface area (Å²) >= 11 is 0. The highest BCUT2D eigenvalue weighted by Gasteiger charge is 2.34. The summed E-state index contributed by atoms with van der Waals surface area (Å²) in [6.45, 7) is 0. The molecular formula is C14H7F3N2O7. The topological polar surface area (TPSA) is 133 Å². The van der Waals surface area contributed by atoms with E-state index in [9.17, 15) is 38.2 Å². The second-order valence-electron chi connectivity index (χ2n) is 4.75. The van der Waals surface area contributed by atoms with E-state index in [0.717, 1.165) is 18.2 Å². The lowest BCUT2D eigenvalue weighted by atomic mass is 10.1. The van der Waals surface area contributed by atoms with Crippen LogP contribution in [0.15, 0.2) is 36.4 Å². The summed E-state index contributed by atoms with van der Waals surface area (Å²) in [5, 5.41) is 31.1.